The maximum atomic E-state index is 5.37. The fraction of sp³-hybridized carbons (Fsp3) is 0.133. The van der Waals surface area contributed by atoms with Gasteiger partial charge in [0, 0.05) is 17.1 Å². The Balaban J connectivity index is 1.82. The highest BCUT2D eigenvalue weighted by atomic mass is 79.9. The van der Waals surface area contributed by atoms with Crippen LogP contribution >= 0.6 is 15.9 Å². The summed E-state index contributed by atoms with van der Waals surface area (Å²) in [7, 11) is 1.91. The fourth-order valence-corrected chi connectivity index (χ4v) is 2.32. The summed E-state index contributed by atoms with van der Waals surface area (Å²) in [5, 5.41) is 6.25. The number of benzene rings is 2. The average Bonchev–Trinajstić information content (AvgIpc) is 2.92. The summed E-state index contributed by atoms with van der Waals surface area (Å²) in [6.45, 7) is 0.270. The first-order valence-corrected chi connectivity index (χ1v) is 6.95. The number of hydrazone groups is 1. The molecule has 2 aromatic rings. The number of fused-ring (bicyclic) bond motifs is 1. The van der Waals surface area contributed by atoms with Crippen molar-refractivity contribution in [3.05, 3.63) is 52.5 Å². The number of ether oxygens (including phenoxy) is 2. The van der Waals surface area contributed by atoms with Gasteiger partial charge < -0.3 is 9.47 Å². The van der Waals surface area contributed by atoms with Crippen LogP contribution in [0.15, 0.2) is 52.0 Å². The van der Waals surface area contributed by atoms with Crippen molar-refractivity contribution in [1.29, 1.82) is 0 Å². The molecule has 102 valence electrons. The zero-order chi connectivity index (χ0) is 13.9. The van der Waals surface area contributed by atoms with Gasteiger partial charge in [0.2, 0.25) is 6.79 Å². The van der Waals surface area contributed by atoms with Crippen LogP contribution in [0.1, 0.15) is 5.56 Å². The van der Waals surface area contributed by atoms with Crippen LogP contribution in [0.4, 0.5) is 5.69 Å². The van der Waals surface area contributed by atoms with Crippen LogP contribution in [-0.4, -0.2) is 20.1 Å². The average molecular weight is 333 g/mol. The predicted octanol–water partition coefficient (Wildman–Crippen LogP) is 3.65. The summed E-state index contributed by atoms with van der Waals surface area (Å²) < 4.78 is 11.6. The molecule has 0 aromatic heterocycles. The number of hydrogen-bond donors (Lipinski definition) is 0. The molecule has 4 nitrogen and oxygen atoms in total. The van der Waals surface area contributed by atoms with Crippen LogP contribution in [0.25, 0.3) is 0 Å². The van der Waals surface area contributed by atoms with Crippen molar-refractivity contribution in [1.82, 2.24) is 0 Å². The van der Waals surface area contributed by atoms with Crippen LogP contribution in [0.5, 0.6) is 11.5 Å². The van der Waals surface area contributed by atoms with E-state index in [-0.39, 0.29) is 6.79 Å². The van der Waals surface area contributed by atoms with E-state index in [1.165, 1.54) is 0 Å². The highest BCUT2D eigenvalue weighted by molar-refractivity contribution is 9.10. The van der Waals surface area contributed by atoms with E-state index < -0.39 is 0 Å². The quantitative estimate of drug-likeness (QED) is 0.635. The summed E-state index contributed by atoms with van der Waals surface area (Å²) in [5.74, 6) is 1.50. The van der Waals surface area contributed by atoms with Gasteiger partial charge in [-0.2, -0.15) is 5.10 Å². The third-order valence-electron chi connectivity index (χ3n) is 2.99. The highest BCUT2D eigenvalue weighted by Crippen LogP contribution is 2.36. The van der Waals surface area contributed by atoms with Gasteiger partial charge in [-0.1, -0.05) is 18.2 Å². The van der Waals surface area contributed by atoms with Crippen molar-refractivity contribution in [3.8, 4) is 11.5 Å². The van der Waals surface area contributed by atoms with E-state index in [2.05, 4.69) is 21.0 Å². The van der Waals surface area contributed by atoms with Crippen LogP contribution in [0, 0.1) is 0 Å². The number of halogens is 1. The molecule has 0 saturated heterocycles. The van der Waals surface area contributed by atoms with Crippen LogP contribution in [-0.2, 0) is 0 Å². The Morgan fingerprint density at radius 1 is 1.15 bits per heavy atom. The summed E-state index contributed by atoms with van der Waals surface area (Å²) in [6.07, 6.45) is 1.79. The van der Waals surface area contributed by atoms with Gasteiger partial charge in [-0.3, -0.25) is 5.01 Å². The molecular weight excluding hydrogens is 320 g/mol. The Morgan fingerprint density at radius 2 is 1.85 bits per heavy atom. The number of rotatable bonds is 3. The SMILES string of the molecule is CN(N=Cc1cc2c(cc1Br)OCO2)c1ccccc1. The fourth-order valence-electron chi connectivity index (χ4n) is 1.89. The molecule has 2 aromatic carbocycles. The lowest BCUT2D eigenvalue weighted by Gasteiger charge is -2.12. The molecule has 0 bridgehead atoms. The van der Waals surface area contributed by atoms with Gasteiger partial charge >= 0.3 is 0 Å². The third-order valence-corrected chi connectivity index (χ3v) is 3.68. The molecule has 0 atom stereocenters. The summed E-state index contributed by atoms with van der Waals surface area (Å²) >= 11 is 3.51. The maximum absolute atomic E-state index is 5.37. The van der Waals surface area contributed by atoms with E-state index in [4.69, 9.17) is 9.47 Å². The number of para-hydroxylation sites is 1. The van der Waals surface area contributed by atoms with Gasteiger partial charge in [-0.05, 0) is 40.2 Å². The minimum absolute atomic E-state index is 0.270. The Bertz CT molecular complexity index is 644. The molecule has 0 aliphatic carbocycles. The molecule has 3 rings (SSSR count). The molecule has 0 spiro atoms. The van der Waals surface area contributed by atoms with Crippen molar-refractivity contribution in [2.75, 3.05) is 18.8 Å². The van der Waals surface area contributed by atoms with Gasteiger partial charge in [0.25, 0.3) is 0 Å². The van der Waals surface area contributed by atoms with Gasteiger partial charge in [0.15, 0.2) is 11.5 Å². The normalized spacial score (nSPS) is 12.9. The second kappa shape index (κ2) is 5.54. The van der Waals surface area contributed by atoms with Crippen molar-refractivity contribution in [3.63, 3.8) is 0 Å². The van der Waals surface area contributed by atoms with Crippen LogP contribution < -0.4 is 14.5 Å². The largest absolute Gasteiger partial charge is 0.454 e. The third kappa shape index (κ3) is 2.63. The Kier molecular flexibility index (Phi) is 3.60. The first-order chi connectivity index (χ1) is 9.74. The maximum Gasteiger partial charge on any atom is 0.231 e. The predicted molar refractivity (Wildman–Crippen MR) is 82.7 cm³/mol. The molecule has 0 N–H and O–H groups in total. The van der Waals surface area contributed by atoms with Crippen molar-refractivity contribution in [2.24, 2.45) is 5.10 Å². The standard InChI is InChI=1S/C15H13BrN2O2/c1-18(12-5-3-2-4-6-12)17-9-11-7-14-15(8-13(11)16)20-10-19-14/h2-9H,10H2,1H3. The highest BCUT2D eigenvalue weighted by Gasteiger charge is 2.15. The van der Waals surface area contributed by atoms with E-state index in [0.29, 0.717) is 0 Å². The minimum atomic E-state index is 0.270. The van der Waals surface area contributed by atoms with Gasteiger partial charge in [-0.25, -0.2) is 0 Å². The lowest BCUT2D eigenvalue weighted by molar-refractivity contribution is 0.174. The molecule has 0 fully saturated rings. The van der Waals surface area contributed by atoms with E-state index >= 15 is 0 Å². The Labute approximate surface area is 125 Å². The molecule has 1 aliphatic heterocycles. The summed E-state index contributed by atoms with van der Waals surface area (Å²) in [5.41, 5.74) is 1.97. The Morgan fingerprint density at radius 3 is 2.60 bits per heavy atom. The summed E-state index contributed by atoms with van der Waals surface area (Å²) in [4.78, 5) is 0. The number of hydrogen-bond acceptors (Lipinski definition) is 4. The smallest absolute Gasteiger partial charge is 0.231 e. The van der Waals surface area contributed by atoms with Crippen LogP contribution in [0.2, 0.25) is 0 Å². The van der Waals surface area contributed by atoms with Crippen molar-refractivity contribution < 1.29 is 9.47 Å². The Hall–Kier alpha value is -2.01. The molecule has 0 radical (unpaired) electrons. The lowest BCUT2D eigenvalue weighted by atomic mass is 10.2. The molecule has 1 aliphatic rings. The van der Waals surface area contributed by atoms with E-state index in [1.54, 1.807) is 6.21 Å². The second-order valence-corrected chi connectivity index (χ2v) is 5.19. The second-order valence-electron chi connectivity index (χ2n) is 4.33. The molecule has 0 unspecified atom stereocenters. The number of anilines is 1. The van der Waals surface area contributed by atoms with Crippen molar-refractivity contribution >= 4 is 27.8 Å². The van der Waals surface area contributed by atoms with Crippen molar-refractivity contribution in [2.45, 2.75) is 0 Å². The lowest BCUT2D eigenvalue weighted by Crippen LogP contribution is -2.08. The summed E-state index contributed by atoms with van der Waals surface area (Å²) in [6, 6.07) is 13.8. The zero-order valence-electron chi connectivity index (χ0n) is 10.9. The molecule has 20 heavy (non-hydrogen) atoms. The number of nitrogens with zero attached hydrogens (tertiary/aromatic N) is 2. The first kappa shape index (κ1) is 13.0. The van der Waals surface area contributed by atoms with Gasteiger partial charge in [-0.15, -0.1) is 0 Å². The monoisotopic (exact) mass is 332 g/mol. The minimum Gasteiger partial charge on any atom is -0.454 e. The molecular formula is C15H13BrN2O2. The van der Waals surface area contributed by atoms with E-state index in [9.17, 15) is 0 Å². The topological polar surface area (TPSA) is 34.1 Å². The van der Waals surface area contributed by atoms with Crippen LogP contribution in [0.3, 0.4) is 0 Å². The van der Waals surface area contributed by atoms with E-state index in [0.717, 1.165) is 27.2 Å². The molecule has 1 heterocycles. The first-order valence-electron chi connectivity index (χ1n) is 6.16. The molecule has 0 amide bonds. The van der Waals surface area contributed by atoms with E-state index in [1.807, 2.05) is 54.5 Å². The van der Waals surface area contributed by atoms with Gasteiger partial charge in [0.05, 0.1) is 11.9 Å². The molecule has 5 heteroatoms. The molecule has 0 saturated carbocycles. The zero-order valence-corrected chi connectivity index (χ0v) is 12.5. The van der Waals surface area contributed by atoms with Gasteiger partial charge in [0.1, 0.15) is 0 Å².